The Balaban J connectivity index is 0.000000963. The number of nitrogens with zero attached hydrogens (tertiary/aromatic N) is 2. The van der Waals surface area contributed by atoms with Crippen LogP contribution >= 0.6 is 0 Å². The summed E-state index contributed by atoms with van der Waals surface area (Å²) in [4.78, 5) is 0. The third-order valence-electron chi connectivity index (χ3n) is 2.44. The molecule has 0 spiro atoms. The van der Waals surface area contributed by atoms with Crippen molar-refractivity contribution in [3.63, 3.8) is 0 Å². The van der Waals surface area contributed by atoms with E-state index in [1.165, 1.54) is 0 Å². The first kappa shape index (κ1) is 11.1. The summed E-state index contributed by atoms with van der Waals surface area (Å²) in [6, 6.07) is 16.2. The zero-order chi connectivity index (χ0) is 10.1. The van der Waals surface area contributed by atoms with Gasteiger partial charge in [0, 0.05) is 27.9 Å². The second-order valence-corrected chi connectivity index (χ2v) is 3.38. The molecular formula is C12H9AgN3. The van der Waals surface area contributed by atoms with Gasteiger partial charge < -0.3 is 0 Å². The molecule has 0 saturated heterocycles. The fourth-order valence-corrected chi connectivity index (χ4v) is 1.72. The second kappa shape index (κ2) is 4.62. The normalized spacial score (nSPS) is 10.0. The van der Waals surface area contributed by atoms with Crippen molar-refractivity contribution >= 4 is 11.0 Å². The predicted molar refractivity (Wildman–Crippen MR) is 59.3 cm³/mol. The molecule has 0 aliphatic carbocycles. The van der Waals surface area contributed by atoms with Gasteiger partial charge in [0.05, 0.1) is 5.52 Å². The van der Waals surface area contributed by atoms with Gasteiger partial charge in [-0.1, -0.05) is 47.7 Å². The van der Waals surface area contributed by atoms with Gasteiger partial charge in [-0.05, 0) is 11.6 Å². The molecule has 3 rings (SSSR count). The molecule has 0 fully saturated rings. The zero-order valence-corrected chi connectivity index (χ0v) is 9.80. The first-order chi connectivity index (χ1) is 7.45. The number of fused-ring (bicyclic) bond motifs is 1. The Hall–Kier alpha value is -1.42. The first-order valence-electron chi connectivity index (χ1n) is 4.80. The van der Waals surface area contributed by atoms with E-state index in [9.17, 15) is 0 Å². The largest absolute Gasteiger partial charge is 0.258 e. The van der Waals surface area contributed by atoms with Crippen LogP contribution in [0.1, 0.15) is 0 Å². The number of benzene rings is 2. The summed E-state index contributed by atoms with van der Waals surface area (Å²) < 4.78 is 0. The van der Waals surface area contributed by atoms with E-state index in [0.29, 0.717) is 0 Å². The van der Waals surface area contributed by atoms with Gasteiger partial charge in [-0.3, -0.25) is 5.10 Å². The number of H-pyrrole nitrogens is 1. The maximum atomic E-state index is 4.09. The molecule has 0 unspecified atom stereocenters. The number of aromatic amines is 1. The summed E-state index contributed by atoms with van der Waals surface area (Å²) in [6.07, 6.45) is 0. The number of rotatable bonds is 1. The maximum absolute atomic E-state index is 4.09. The van der Waals surface area contributed by atoms with Crippen LogP contribution in [0.5, 0.6) is 0 Å². The van der Waals surface area contributed by atoms with Crippen LogP contribution in [-0.4, -0.2) is 15.4 Å². The standard InChI is InChI=1S/C12H9N3.Ag/c1-2-5-9(6-3-1)10-7-4-8-11-12(10)14-15-13-11;/h1-8H,(H,13,14,15);. The maximum Gasteiger partial charge on any atom is 0.120 e. The van der Waals surface area contributed by atoms with Crippen molar-refractivity contribution in [3.05, 3.63) is 48.5 Å². The predicted octanol–water partition coefficient (Wildman–Crippen LogP) is 2.62. The first-order valence-corrected chi connectivity index (χ1v) is 4.80. The molecule has 2 aromatic carbocycles. The molecule has 3 nitrogen and oxygen atoms in total. The molecule has 83 valence electrons. The quantitative estimate of drug-likeness (QED) is 0.702. The molecular weight excluding hydrogens is 294 g/mol. The molecule has 0 aliphatic rings. The Morgan fingerprint density at radius 3 is 2.50 bits per heavy atom. The van der Waals surface area contributed by atoms with Gasteiger partial charge >= 0.3 is 0 Å². The van der Waals surface area contributed by atoms with Crippen molar-refractivity contribution in [1.82, 2.24) is 15.4 Å². The molecule has 16 heavy (non-hydrogen) atoms. The number of nitrogens with one attached hydrogen (secondary N) is 1. The average molecular weight is 303 g/mol. The van der Waals surface area contributed by atoms with E-state index in [4.69, 9.17) is 0 Å². The monoisotopic (exact) mass is 302 g/mol. The van der Waals surface area contributed by atoms with Gasteiger partial charge in [-0.25, -0.2) is 0 Å². The van der Waals surface area contributed by atoms with E-state index in [-0.39, 0.29) is 22.4 Å². The van der Waals surface area contributed by atoms with E-state index in [2.05, 4.69) is 33.6 Å². The molecule has 1 aromatic heterocycles. The van der Waals surface area contributed by atoms with Crippen molar-refractivity contribution in [1.29, 1.82) is 0 Å². The van der Waals surface area contributed by atoms with Crippen molar-refractivity contribution in [2.24, 2.45) is 0 Å². The van der Waals surface area contributed by atoms with Gasteiger partial charge in [-0.15, -0.1) is 5.10 Å². The number of aromatic nitrogens is 3. The zero-order valence-electron chi connectivity index (χ0n) is 8.31. The SMILES string of the molecule is [Ag].c1ccc(-c2cccc3[nH]nnc23)cc1. The Labute approximate surface area is 108 Å². The Bertz CT molecular complexity index is 589. The van der Waals surface area contributed by atoms with E-state index in [0.717, 1.165) is 22.2 Å². The number of hydrogen-bond donors (Lipinski definition) is 1. The Morgan fingerprint density at radius 2 is 1.69 bits per heavy atom. The van der Waals surface area contributed by atoms with E-state index in [1.54, 1.807) is 0 Å². The molecule has 3 aromatic rings. The topological polar surface area (TPSA) is 41.6 Å². The Kier molecular flexibility index (Phi) is 3.20. The van der Waals surface area contributed by atoms with E-state index < -0.39 is 0 Å². The van der Waals surface area contributed by atoms with E-state index in [1.807, 2.05) is 30.3 Å². The van der Waals surface area contributed by atoms with E-state index >= 15 is 0 Å². The summed E-state index contributed by atoms with van der Waals surface area (Å²) in [7, 11) is 0. The van der Waals surface area contributed by atoms with Crippen LogP contribution in [-0.2, 0) is 22.4 Å². The molecule has 0 bridgehead atoms. The van der Waals surface area contributed by atoms with Crippen LogP contribution in [0, 0.1) is 0 Å². The van der Waals surface area contributed by atoms with Crippen LogP contribution in [0.25, 0.3) is 22.2 Å². The van der Waals surface area contributed by atoms with Gasteiger partial charge in [-0.2, -0.15) is 0 Å². The van der Waals surface area contributed by atoms with Crippen LogP contribution < -0.4 is 0 Å². The molecule has 0 amide bonds. The summed E-state index contributed by atoms with van der Waals surface area (Å²) in [5.41, 5.74) is 4.17. The van der Waals surface area contributed by atoms with Crippen LogP contribution in [0.2, 0.25) is 0 Å². The molecule has 1 N–H and O–H groups in total. The smallest absolute Gasteiger partial charge is 0.120 e. The molecule has 0 saturated carbocycles. The van der Waals surface area contributed by atoms with Gasteiger partial charge in [0.25, 0.3) is 0 Å². The third kappa shape index (κ3) is 1.80. The summed E-state index contributed by atoms with van der Waals surface area (Å²) in [5.74, 6) is 0. The van der Waals surface area contributed by atoms with Gasteiger partial charge in [0.1, 0.15) is 5.52 Å². The van der Waals surface area contributed by atoms with Crippen molar-refractivity contribution in [2.45, 2.75) is 0 Å². The molecule has 0 aliphatic heterocycles. The summed E-state index contributed by atoms with van der Waals surface area (Å²) in [6.45, 7) is 0. The third-order valence-corrected chi connectivity index (χ3v) is 2.44. The van der Waals surface area contributed by atoms with Crippen molar-refractivity contribution in [2.75, 3.05) is 0 Å². The molecule has 1 radical (unpaired) electrons. The molecule has 0 atom stereocenters. The second-order valence-electron chi connectivity index (χ2n) is 3.38. The molecule has 4 heteroatoms. The van der Waals surface area contributed by atoms with Crippen LogP contribution in [0.15, 0.2) is 48.5 Å². The number of hydrogen-bond acceptors (Lipinski definition) is 2. The van der Waals surface area contributed by atoms with Crippen molar-refractivity contribution < 1.29 is 22.4 Å². The Morgan fingerprint density at radius 1 is 0.875 bits per heavy atom. The van der Waals surface area contributed by atoms with Crippen LogP contribution in [0.3, 0.4) is 0 Å². The minimum absolute atomic E-state index is 0. The fourth-order valence-electron chi connectivity index (χ4n) is 1.72. The molecule has 1 heterocycles. The van der Waals surface area contributed by atoms with Crippen LogP contribution in [0.4, 0.5) is 0 Å². The summed E-state index contributed by atoms with van der Waals surface area (Å²) in [5, 5.41) is 10.8. The average Bonchev–Trinajstić information content (AvgIpc) is 2.78. The summed E-state index contributed by atoms with van der Waals surface area (Å²) >= 11 is 0. The minimum Gasteiger partial charge on any atom is -0.258 e. The van der Waals surface area contributed by atoms with Gasteiger partial charge in [0.15, 0.2) is 0 Å². The van der Waals surface area contributed by atoms with Crippen molar-refractivity contribution in [3.8, 4) is 11.1 Å². The minimum atomic E-state index is 0. The van der Waals surface area contributed by atoms with Gasteiger partial charge in [0.2, 0.25) is 0 Å². The fraction of sp³-hybridized carbons (Fsp3) is 0.